The van der Waals surface area contributed by atoms with E-state index in [9.17, 15) is 22.5 Å². The maximum Gasteiger partial charge on any atom is 0.244 e. The van der Waals surface area contributed by atoms with E-state index in [4.69, 9.17) is 0 Å². The first kappa shape index (κ1) is 29.3. The zero-order valence-corrected chi connectivity index (χ0v) is 23.3. The van der Waals surface area contributed by atoms with Crippen LogP contribution in [0.4, 0.5) is 8.78 Å². The van der Waals surface area contributed by atoms with E-state index in [1.807, 2.05) is 6.07 Å². The van der Waals surface area contributed by atoms with Gasteiger partial charge >= 0.3 is 0 Å². The number of sulfonamides is 1. The van der Waals surface area contributed by atoms with Crippen LogP contribution >= 0.6 is 0 Å². The van der Waals surface area contributed by atoms with Gasteiger partial charge in [0.15, 0.2) is 0 Å². The van der Waals surface area contributed by atoms with Crippen LogP contribution in [0.2, 0.25) is 0 Å². The molecule has 0 amide bonds. The number of azo groups is 1. The molecule has 3 rings (SSSR count). The molecule has 0 N–H and O–H groups in total. The van der Waals surface area contributed by atoms with Crippen molar-refractivity contribution >= 4 is 15.7 Å². The van der Waals surface area contributed by atoms with Crippen LogP contribution in [0.1, 0.15) is 51.7 Å². The minimum atomic E-state index is -3.91. The van der Waals surface area contributed by atoms with Gasteiger partial charge in [0, 0.05) is 20.1 Å². The fraction of sp³-hybridized carbons (Fsp3) is 0.414. The standard InChI is InChI=1S/C29H34F2N4O2S/c1-7-35(38(36,37)26-14-9-8-11-21(26)18-32)19-29(5)16-15-22(28(29,3)4)20(2)17-25(34-33-6)27-23(30)12-10-13-24(27)31/h8-14,17,22H,2,7,15-16,19H2,1,3-6H3/b25-17-,34-33?. The summed E-state index contributed by atoms with van der Waals surface area (Å²) in [6.07, 6.45) is 2.99. The quantitative estimate of drug-likeness (QED) is 0.254. The lowest BCUT2D eigenvalue weighted by molar-refractivity contribution is 0.0803. The number of benzene rings is 2. The maximum absolute atomic E-state index is 14.5. The average Bonchev–Trinajstić information content (AvgIpc) is 3.10. The third-order valence-electron chi connectivity index (χ3n) is 8.11. The summed E-state index contributed by atoms with van der Waals surface area (Å²) in [4.78, 5) is -0.00544. The lowest BCUT2D eigenvalue weighted by Crippen LogP contribution is -2.46. The van der Waals surface area contributed by atoms with Gasteiger partial charge in [-0.3, -0.25) is 0 Å². The number of hydrogen-bond donors (Lipinski definition) is 0. The third-order valence-corrected chi connectivity index (χ3v) is 10.1. The molecular formula is C29H34F2N4O2S. The highest BCUT2D eigenvalue weighted by molar-refractivity contribution is 7.89. The van der Waals surface area contributed by atoms with E-state index in [0.29, 0.717) is 18.4 Å². The van der Waals surface area contributed by atoms with Gasteiger partial charge in [-0.2, -0.15) is 19.8 Å². The molecule has 0 spiro atoms. The van der Waals surface area contributed by atoms with Crippen molar-refractivity contribution in [3.05, 3.63) is 83.5 Å². The van der Waals surface area contributed by atoms with Crippen LogP contribution in [0.3, 0.4) is 0 Å². The number of nitriles is 1. The molecule has 38 heavy (non-hydrogen) atoms. The maximum atomic E-state index is 14.5. The van der Waals surface area contributed by atoms with Crippen LogP contribution in [-0.2, 0) is 10.0 Å². The van der Waals surface area contributed by atoms with Gasteiger partial charge in [-0.05, 0) is 65.5 Å². The normalized spacial score (nSPS) is 21.7. The molecule has 0 aliphatic heterocycles. The van der Waals surface area contributed by atoms with Crippen molar-refractivity contribution in [1.82, 2.24) is 4.31 Å². The Hall–Kier alpha value is -3.22. The minimum Gasteiger partial charge on any atom is -0.207 e. The summed E-state index contributed by atoms with van der Waals surface area (Å²) in [5, 5.41) is 17.2. The number of halogens is 2. The molecule has 9 heteroatoms. The zero-order valence-electron chi connectivity index (χ0n) is 22.5. The van der Waals surface area contributed by atoms with E-state index >= 15 is 0 Å². The Morgan fingerprint density at radius 1 is 1.18 bits per heavy atom. The Labute approximate surface area is 224 Å². The second kappa shape index (κ2) is 11.3. The van der Waals surface area contributed by atoms with Crippen molar-refractivity contribution < 1.29 is 17.2 Å². The average molecular weight is 541 g/mol. The predicted molar refractivity (Wildman–Crippen MR) is 144 cm³/mol. The molecular weight excluding hydrogens is 506 g/mol. The lowest BCUT2D eigenvalue weighted by Gasteiger charge is -2.44. The summed E-state index contributed by atoms with van der Waals surface area (Å²) < 4.78 is 57.7. The molecule has 0 bridgehead atoms. The van der Waals surface area contributed by atoms with Crippen LogP contribution in [0.15, 0.2) is 75.8 Å². The van der Waals surface area contributed by atoms with Gasteiger partial charge in [-0.25, -0.2) is 17.2 Å². The molecule has 0 heterocycles. The predicted octanol–water partition coefficient (Wildman–Crippen LogP) is 6.97. The number of hydrogen-bond acceptors (Lipinski definition) is 5. The topological polar surface area (TPSA) is 85.9 Å². The molecule has 2 atom stereocenters. The molecule has 202 valence electrons. The summed E-state index contributed by atoms with van der Waals surface area (Å²) in [5.41, 5.74) is -0.351. The highest BCUT2D eigenvalue weighted by Crippen LogP contribution is 2.58. The van der Waals surface area contributed by atoms with Gasteiger partial charge in [0.05, 0.1) is 21.7 Å². The minimum absolute atomic E-state index is 0.00544. The van der Waals surface area contributed by atoms with Crippen molar-refractivity contribution in [1.29, 1.82) is 5.26 Å². The Morgan fingerprint density at radius 3 is 2.39 bits per heavy atom. The van der Waals surface area contributed by atoms with E-state index in [0.717, 1.165) is 0 Å². The Morgan fingerprint density at radius 2 is 1.82 bits per heavy atom. The molecule has 2 unspecified atom stereocenters. The Balaban J connectivity index is 1.95. The Kier molecular flexibility index (Phi) is 8.69. The summed E-state index contributed by atoms with van der Waals surface area (Å²) >= 11 is 0. The van der Waals surface area contributed by atoms with E-state index in [2.05, 4.69) is 37.6 Å². The van der Waals surface area contributed by atoms with Crippen molar-refractivity contribution in [3.63, 3.8) is 0 Å². The summed E-state index contributed by atoms with van der Waals surface area (Å²) in [5.74, 6) is -1.58. The van der Waals surface area contributed by atoms with Crippen molar-refractivity contribution in [3.8, 4) is 6.07 Å². The van der Waals surface area contributed by atoms with Gasteiger partial charge in [-0.15, -0.1) is 0 Å². The summed E-state index contributed by atoms with van der Waals surface area (Å²) in [7, 11) is -2.49. The van der Waals surface area contributed by atoms with Crippen molar-refractivity contribution in [2.45, 2.75) is 45.4 Å². The second-order valence-electron chi connectivity index (χ2n) is 10.4. The SMILES string of the molecule is C=C(/C=C(\N=NC)c1c(F)cccc1F)C1CCC(C)(CN(CC)S(=O)(=O)c2ccccc2C#N)C1(C)C. The van der Waals surface area contributed by atoms with Gasteiger partial charge in [0.2, 0.25) is 10.0 Å². The molecule has 1 saturated carbocycles. The van der Waals surface area contributed by atoms with Crippen LogP contribution in [-0.4, -0.2) is 32.9 Å². The van der Waals surface area contributed by atoms with E-state index < -0.39 is 32.5 Å². The molecule has 0 radical (unpaired) electrons. The van der Waals surface area contributed by atoms with E-state index in [-0.39, 0.29) is 40.7 Å². The lowest BCUT2D eigenvalue weighted by atomic mass is 9.64. The number of rotatable bonds is 9. The first-order valence-electron chi connectivity index (χ1n) is 12.5. The molecule has 2 aromatic carbocycles. The molecule has 2 aromatic rings. The fourth-order valence-electron chi connectivity index (χ4n) is 5.45. The first-order chi connectivity index (χ1) is 17.8. The highest BCUT2D eigenvalue weighted by Gasteiger charge is 2.53. The largest absolute Gasteiger partial charge is 0.244 e. The molecule has 0 aromatic heterocycles. The monoisotopic (exact) mass is 540 g/mol. The van der Waals surface area contributed by atoms with E-state index in [1.165, 1.54) is 41.7 Å². The van der Waals surface area contributed by atoms with Gasteiger partial charge in [0.25, 0.3) is 0 Å². The van der Waals surface area contributed by atoms with E-state index in [1.54, 1.807) is 25.1 Å². The van der Waals surface area contributed by atoms with Crippen molar-refractivity contribution in [2.24, 2.45) is 27.0 Å². The van der Waals surface area contributed by atoms with Gasteiger partial charge in [-0.1, -0.05) is 52.5 Å². The molecule has 1 aliphatic carbocycles. The molecule has 0 saturated heterocycles. The second-order valence-corrected chi connectivity index (χ2v) is 12.3. The third kappa shape index (κ3) is 5.33. The molecule has 1 fully saturated rings. The molecule has 6 nitrogen and oxygen atoms in total. The van der Waals surface area contributed by atoms with Crippen LogP contribution in [0, 0.1) is 39.7 Å². The zero-order chi connectivity index (χ0) is 28.3. The Bertz CT molecular complexity index is 1410. The van der Waals surface area contributed by atoms with Gasteiger partial charge in [0.1, 0.15) is 17.7 Å². The van der Waals surface area contributed by atoms with Crippen LogP contribution in [0.25, 0.3) is 5.70 Å². The van der Waals surface area contributed by atoms with Crippen molar-refractivity contribution in [2.75, 3.05) is 20.1 Å². The van der Waals surface area contributed by atoms with Crippen LogP contribution in [0.5, 0.6) is 0 Å². The highest BCUT2D eigenvalue weighted by atomic mass is 32.2. The summed E-state index contributed by atoms with van der Waals surface area (Å²) in [6.45, 7) is 12.7. The number of nitrogens with zero attached hydrogens (tertiary/aromatic N) is 4. The van der Waals surface area contributed by atoms with Gasteiger partial charge < -0.3 is 0 Å². The molecule has 1 aliphatic rings. The first-order valence-corrected chi connectivity index (χ1v) is 13.9. The van der Waals surface area contributed by atoms with Crippen LogP contribution < -0.4 is 0 Å². The smallest absolute Gasteiger partial charge is 0.207 e. The number of allylic oxidation sites excluding steroid dienone is 2. The summed E-state index contributed by atoms with van der Waals surface area (Å²) in [6, 6.07) is 11.8. The fourth-order valence-corrected chi connectivity index (χ4v) is 7.17.